The van der Waals surface area contributed by atoms with Gasteiger partial charge in [0.15, 0.2) is 5.79 Å². The number of ether oxygens (including phenoxy) is 2. The minimum Gasteiger partial charge on any atom is -0.389 e. The molecule has 88 valence electrons. The predicted molar refractivity (Wildman–Crippen MR) is 59.6 cm³/mol. The van der Waals surface area contributed by atoms with E-state index < -0.39 is 5.79 Å². The van der Waals surface area contributed by atoms with Gasteiger partial charge in [-0.25, -0.2) is 0 Å². The SMILES string of the molecule is CCCC[C@@H](O)/C=C/[C@H]1COC(C)(C)O1. The average Bonchev–Trinajstić information content (AvgIpc) is 2.52. The number of unbranched alkanes of at least 4 members (excludes halogenated alkanes) is 1. The molecule has 0 radical (unpaired) electrons. The lowest BCUT2D eigenvalue weighted by Crippen LogP contribution is -2.20. The summed E-state index contributed by atoms with van der Waals surface area (Å²) in [5, 5.41) is 9.59. The van der Waals surface area contributed by atoms with E-state index in [0.29, 0.717) is 6.61 Å². The lowest BCUT2D eigenvalue weighted by Gasteiger charge is -2.15. The molecule has 1 saturated heterocycles. The Balaban J connectivity index is 2.26. The summed E-state index contributed by atoms with van der Waals surface area (Å²) in [5.41, 5.74) is 0. The first-order valence-electron chi connectivity index (χ1n) is 5.71. The maximum atomic E-state index is 9.59. The molecule has 1 aliphatic rings. The Morgan fingerprint density at radius 1 is 1.53 bits per heavy atom. The van der Waals surface area contributed by atoms with Crippen LogP contribution in [0.5, 0.6) is 0 Å². The van der Waals surface area contributed by atoms with Gasteiger partial charge >= 0.3 is 0 Å². The summed E-state index contributed by atoms with van der Waals surface area (Å²) in [4.78, 5) is 0. The Hall–Kier alpha value is -0.380. The van der Waals surface area contributed by atoms with Crippen molar-refractivity contribution in [3.05, 3.63) is 12.2 Å². The van der Waals surface area contributed by atoms with Crippen LogP contribution in [0.15, 0.2) is 12.2 Å². The first-order valence-corrected chi connectivity index (χ1v) is 5.71. The first kappa shape index (κ1) is 12.7. The summed E-state index contributed by atoms with van der Waals surface area (Å²) in [5.74, 6) is -0.483. The summed E-state index contributed by atoms with van der Waals surface area (Å²) in [6.45, 7) is 6.49. The van der Waals surface area contributed by atoms with Crippen molar-refractivity contribution in [1.82, 2.24) is 0 Å². The minimum absolute atomic E-state index is 0.0173. The Morgan fingerprint density at radius 3 is 2.80 bits per heavy atom. The van der Waals surface area contributed by atoms with Crippen molar-refractivity contribution in [2.24, 2.45) is 0 Å². The van der Waals surface area contributed by atoms with Crippen molar-refractivity contribution in [2.75, 3.05) is 6.61 Å². The van der Waals surface area contributed by atoms with Gasteiger partial charge in [-0.05, 0) is 20.3 Å². The number of aliphatic hydroxyl groups is 1. The average molecular weight is 214 g/mol. The largest absolute Gasteiger partial charge is 0.389 e. The first-order chi connectivity index (χ1) is 7.03. The van der Waals surface area contributed by atoms with Gasteiger partial charge in [-0.15, -0.1) is 0 Å². The highest BCUT2D eigenvalue weighted by Gasteiger charge is 2.30. The molecule has 0 bridgehead atoms. The molecule has 0 spiro atoms. The normalized spacial score (nSPS) is 27.3. The van der Waals surface area contributed by atoms with Crippen molar-refractivity contribution in [3.8, 4) is 0 Å². The van der Waals surface area contributed by atoms with E-state index in [1.165, 1.54) is 0 Å². The van der Waals surface area contributed by atoms with E-state index in [4.69, 9.17) is 9.47 Å². The van der Waals surface area contributed by atoms with Gasteiger partial charge in [0, 0.05) is 0 Å². The Labute approximate surface area is 92.1 Å². The van der Waals surface area contributed by atoms with Crippen LogP contribution in [0.1, 0.15) is 40.0 Å². The van der Waals surface area contributed by atoms with Crippen LogP contribution in [0, 0.1) is 0 Å². The van der Waals surface area contributed by atoms with Crippen LogP contribution in [0.4, 0.5) is 0 Å². The quantitative estimate of drug-likeness (QED) is 0.713. The topological polar surface area (TPSA) is 38.7 Å². The molecular formula is C12H22O3. The predicted octanol–water partition coefficient (Wildman–Crippen LogP) is 2.25. The van der Waals surface area contributed by atoms with E-state index in [0.717, 1.165) is 19.3 Å². The maximum Gasteiger partial charge on any atom is 0.163 e. The molecule has 1 fully saturated rings. The molecule has 15 heavy (non-hydrogen) atoms. The van der Waals surface area contributed by atoms with Gasteiger partial charge in [0.2, 0.25) is 0 Å². The molecule has 1 heterocycles. The van der Waals surface area contributed by atoms with E-state index in [2.05, 4.69) is 6.92 Å². The zero-order chi connectivity index (χ0) is 11.3. The highest BCUT2D eigenvalue weighted by atomic mass is 16.7. The lowest BCUT2D eigenvalue weighted by atomic mass is 10.1. The van der Waals surface area contributed by atoms with Crippen LogP contribution in [0.25, 0.3) is 0 Å². The molecule has 3 nitrogen and oxygen atoms in total. The fraction of sp³-hybridized carbons (Fsp3) is 0.833. The van der Waals surface area contributed by atoms with E-state index in [1.54, 1.807) is 0 Å². The maximum absolute atomic E-state index is 9.59. The highest BCUT2D eigenvalue weighted by Crippen LogP contribution is 2.22. The second-order valence-corrected chi connectivity index (χ2v) is 4.46. The zero-order valence-electron chi connectivity index (χ0n) is 9.90. The molecule has 0 aromatic carbocycles. The van der Waals surface area contributed by atoms with Gasteiger partial charge in [0.1, 0.15) is 6.10 Å². The standard InChI is InChI=1S/C12H22O3/c1-4-5-6-10(13)7-8-11-9-14-12(2,3)15-11/h7-8,10-11,13H,4-6,9H2,1-3H3/b8-7+/t10-,11+/m1/s1. The van der Waals surface area contributed by atoms with Crippen molar-refractivity contribution in [3.63, 3.8) is 0 Å². The lowest BCUT2D eigenvalue weighted by molar-refractivity contribution is -0.133. The third-order valence-electron chi connectivity index (χ3n) is 2.43. The molecule has 0 aromatic rings. The molecular weight excluding hydrogens is 192 g/mol. The molecule has 1 N–H and O–H groups in total. The Morgan fingerprint density at radius 2 is 2.27 bits per heavy atom. The van der Waals surface area contributed by atoms with E-state index in [-0.39, 0.29) is 12.2 Å². The van der Waals surface area contributed by atoms with Gasteiger partial charge in [-0.1, -0.05) is 31.9 Å². The Bertz CT molecular complexity index is 211. The van der Waals surface area contributed by atoms with Crippen LogP contribution >= 0.6 is 0 Å². The number of hydrogen-bond donors (Lipinski definition) is 1. The number of rotatable bonds is 5. The zero-order valence-corrected chi connectivity index (χ0v) is 9.90. The number of hydrogen-bond acceptors (Lipinski definition) is 3. The van der Waals surface area contributed by atoms with Gasteiger partial charge in [0.25, 0.3) is 0 Å². The molecule has 0 amide bonds. The fourth-order valence-electron chi connectivity index (χ4n) is 1.57. The van der Waals surface area contributed by atoms with Crippen LogP contribution < -0.4 is 0 Å². The summed E-state index contributed by atoms with van der Waals surface area (Å²) in [7, 11) is 0. The summed E-state index contributed by atoms with van der Waals surface area (Å²) >= 11 is 0. The molecule has 0 aliphatic carbocycles. The van der Waals surface area contributed by atoms with Crippen LogP contribution in [-0.2, 0) is 9.47 Å². The van der Waals surface area contributed by atoms with Crippen LogP contribution in [0.2, 0.25) is 0 Å². The van der Waals surface area contributed by atoms with E-state index >= 15 is 0 Å². The second-order valence-electron chi connectivity index (χ2n) is 4.46. The Kier molecular flexibility index (Phi) is 4.77. The third-order valence-corrected chi connectivity index (χ3v) is 2.43. The monoisotopic (exact) mass is 214 g/mol. The second kappa shape index (κ2) is 5.64. The third kappa shape index (κ3) is 4.78. The van der Waals surface area contributed by atoms with Gasteiger partial charge in [0.05, 0.1) is 12.7 Å². The van der Waals surface area contributed by atoms with E-state index in [1.807, 2.05) is 26.0 Å². The molecule has 1 rings (SSSR count). The van der Waals surface area contributed by atoms with Crippen molar-refractivity contribution in [2.45, 2.75) is 58.0 Å². The molecule has 3 heteroatoms. The van der Waals surface area contributed by atoms with Gasteiger partial charge in [-0.3, -0.25) is 0 Å². The minimum atomic E-state index is -0.483. The van der Waals surface area contributed by atoms with Crippen molar-refractivity contribution >= 4 is 0 Å². The van der Waals surface area contributed by atoms with Crippen molar-refractivity contribution < 1.29 is 14.6 Å². The molecule has 2 atom stereocenters. The molecule has 1 aliphatic heterocycles. The van der Waals surface area contributed by atoms with Gasteiger partial charge in [-0.2, -0.15) is 0 Å². The van der Waals surface area contributed by atoms with Crippen LogP contribution in [0.3, 0.4) is 0 Å². The molecule has 0 saturated carbocycles. The molecule has 0 unspecified atom stereocenters. The van der Waals surface area contributed by atoms with Crippen LogP contribution in [-0.4, -0.2) is 29.7 Å². The van der Waals surface area contributed by atoms with Crippen molar-refractivity contribution in [1.29, 1.82) is 0 Å². The molecule has 0 aromatic heterocycles. The highest BCUT2D eigenvalue weighted by molar-refractivity contribution is 4.96. The summed E-state index contributed by atoms with van der Waals surface area (Å²) in [6.07, 6.45) is 6.33. The van der Waals surface area contributed by atoms with E-state index in [9.17, 15) is 5.11 Å². The summed E-state index contributed by atoms with van der Waals surface area (Å²) < 4.78 is 11.0. The summed E-state index contributed by atoms with van der Waals surface area (Å²) in [6, 6.07) is 0. The van der Waals surface area contributed by atoms with Gasteiger partial charge < -0.3 is 14.6 Å². The number of aliphatic hydroxyl groups excluding tert-OH is 1. The smallest absolute Gasteiger partial charge is 0.163 e. The fourth-order valence-corrected chi connectivity index (χ4v) is 1.57.